The smallest absolute Gasteiger partial charge is 0.296 e. The van der Waals surface area contributed by atoms with Crippen molar-refractivity contribution in [2.45, 2.75) is 13.0 Å². The van der Waals surface area contributed by atoms with Crippen molar-refractivity contribution in [3.63, 3.8) is 0 Å². The van der Waals surface area contributed by atoms with Gasteiger partial charge in [0.25, 0.3) is 5.91 Å². The van der Waals surface area contributed by atoms with Crippen LogP contribution in [-0.2, 0) is 0 Å². The molecule has 0 saturated heterocycles. The number of hydrogen-bond acceptors (Lipinski definition) is 5. The van der Waals surface area contributed by atoms with Crippen LogP contribution in [0.25, 0.3) is 21.7 Å². The molecule has 0 radical (unpaired) electrons. The molecule has 1 amide bonds. The molecule has 1 atom stereocenters. The molecule has 3 aromatic carbocycles. The number of anilines is 1. The van der Waals surface area contributed by atoms with E-state index < -0.39 is 11.9 Å². The topological polar surface area (TPSA) is 76.6 Å². The third-order valence-corrected chi connectivity index (χ3v) is 5.76. The van der Waals surface area contributed by atoms with Gasteiger partial charge in [-0.2, -0.15) is 0 Å². The van der Waals surface area contributed by atoms with Crippen LogP contribution in [0.2, 0.25) is 0 Å². The van der Waals surface area contributed by atoms with Gasteiger partial charge in [-0.15, -0.1) is 0 Å². The maximum atomic E-state index is 13.6. The standard InChI is InChI=1S/C25H16N2O4/c1-14-13-20(26-31-14)27-22(17-11-6-8-15-7-2-3-9-16(15)17)21-23(28)18-10-4-5-12-19(18)30-24(21)25(27)29/h2-13,22H,1H3/t22-/m0/s1. The summed E-state index contributed by atoms with van der Waals surface area (Å²) in [6.07, 6.45) is 0. The van der Waals surface area contributed by atoms with E-state index in [0.717, 1.165) is 16.3 Å². The van der Waals surface area contributed by atoms with Crippen LogP contribution < -0.4 is 10.3 Å². The first-order valence-electron chi connectivity index (χ1n) is 9.94. The molecule has 0 spiro atoms. The third-order valence-electron chi connectivity index (χ3n) is 5.76. The molecule has 0 unspecified atom stereocenters. The van der Waals surface area contributed by atoms with Gasteiger partial charge >= 0.3 is 0 Å². The molecule has 1 aliphatic heterocycles. The fourth-order valence-electron chi connectivity index (χ4n) is 4.41. The summed E-state index contributed by atoms with van der Waals surface area (Å²) in [6, 6.07) is 21.7. The van der Waals surface area contributed by atoms with E-state index in [-0.39, 0.29) is 11.2 Å². The van der Waals surface area contributed by atoms with E-state index in [9.17, 15) is 9.59 Å². The second kappa shape index (κ2) is 6.40. The number of hydrogen-bond donors (Lipinski definition) is 0. The number of amides is 1. The normalized spacial score (nSPS) is 15.7. The maximum absolute atomic E-state index is 13.6. The van der Waals surface area contributed by atoms with Gasteiger partial charge < -0.3 is 8.94 Å². The molecule has 0 bridgehead atoms. The van der Waals surface area contributed by atoms with E-state index in [1.807, 2.05) is 42.5 Å². The van der Waals surface area contributed by atoms with E-state index in [0.29, 0.717) is 28.1 Å². The zero-order chi connectivity index (χ0) is 21.1. The van der Waals surface area contributed by atoms with Crippen LogP contribution in [0.15, 0.2) is 86.5 Å². The number of benzene rings is 3. The van der Waals surface area contributed by atoms with Crippen molar-refractivity contribution >= 4 is 33.5 Å². The van der Waals surface area contributed by atoms with Crippen molar-refractivity contribution in [1.82, 2.24) is 5.16 Å². The third kappa shape index (κ3) is 2.48. The summed E-state index contributed by atoms with van der Waals surface area (Å²) in [7, 11) is 0. The lowest BCUT2D eigenvalue weighted by Crippen LogP contribution is -2.29. The zero-order valence-electron chi connectivity index (χ0n) is 16.5. The molecule has 31 heavy (non-hydrogen) atoms. The number of fused-ring (bicyclic) bond motifs is 3. The summed E-state index contributed by atoms with van der Waals surface area (Å²) in [5.74, 6) is 0.543. The van der Waals surface area contributed by atoms with Gasteiger partial charge in [0.2, 0.25) is 5.76 Å². The monoisotopic (exact) mass is 408 g/mol. The Hall–Kier alpha value is -4.19. The molecule has 6 heteroatoms. The van der Waals surface area contributed by atoms with Crippen molar-refractivity contribution in [3.05, 3.63) is 106 Å². The fourth-order valence-corrected chi connectivity index (χ4v) is 4.41. The number of aryl methyl sites for hydroxylation is 1. The average molecular weight is 408 g/mol. The van der Waals surface area contributed by atoms with E-state index in [1.165, 1.54) is 4.90 Å². The molecule has 2 aromatic heterocycles. The Morgan fingerprint density at radius 2 is 1.65 bits per heavy atom. The minimum atomic E-state index is -0.682. The summed E-state index contributed by atoms with van der Waals surface area (Å²) < 4.78 is 11.2. The first-order chi connectivity index (χ1) is 15.1. The predicted octanol–water partition coefficient (Wildman–Crippen LogP) is 4.99. The summed E-state index contributed by atoms with van der Waals surface area (Å²) in [5, 5.41) is 6.48. The lowest BCUT2D eigenvalue weighted by Gasteiger charge is -2.23. The highest BCUT2D eigenvalue weighted by Gasteiger charge is 2.45. The minimum absolute atomic E-state index is 0.0438. The molecule has 0 fully saturated rings. The summed E-state index contributed by atoms with van der Waals surface area (Å²) in [6.45, 7) is 1.76. The summed E-state index contributed by atoms with van der Waals surface area (Å²) in [4.78, 5) is 28.6. The van der Waals surface area contributed by atoms with Crippen LogP contribution in [0.4, 0.5) is 5.82 Å². The molecular weight excluding hydrogens is 392 g/mol. The molecule has 3 heterocycles. The van der Waals surface area contributed by atoms with E-state index >= 15 is 0 Å². The van der Waals surface area contributed by atoms with Crippen molar-refractivity contribution in [2.75, 3.05) is 4.90 Å². The highest BCUT2D eigenvalue weighted by Crippen LogP contribution is 2.42. The van der Waals surface area contributed by atoms with Crippen molar-refractivity contribution in [3.8, 4) is 0 Å². The highest BCUT2D eigenvalue weighted by molar-refractivity contribution is 6.11. The number of nitrogens with zero attached hydrogens (tertiary/aromatic N) is 2. The molecule has 6 rings (SSSR count). The number of aromatic nitrogens is 1. The SMILES string of the molecule is Cc1cc(N2C(=O)c3oc4ccccc4c(=O)c3[C@@H]2c2cccc3ccccc23)no1. The van der Waals surface area contributed by atoms with Crippen molar-refractivity contribution in [2.24, 2.45) is 0 Å². The van der Waals surface area contributed by atoms with Crippen molar-refractivity contribution in [1.29, 1.82) is 0 Å². The Labute approximate surface area is 176 Å². The van der Waals surface area contributed by atoms with Crippen molar-refractivity contribution < 1.29 is 13.7 Å². The Bertz CT molecular complexity index is 1560. The number of rotatable bonds is 2. The zero-order valence-corrected chi connectivity index (χ0v) is 16.5. The van der Waals surface area contributed by atoms with Crippen LogP contribution in [-0.4, -0.2) is 11.1 Å². The van der Waals surface area contributed by atoms with Gasteiger partial charge in [0.15, 0.2) is 11.2 Å². The second-order valence-corrected chi connectivity index (χ2v) is 7.61. The Kier molecular flexibility index (Phi) is 3.65. The van der Waals surface area contributed by atoms with E-state index in [4.69, 9.17) is 8.94 Å². The Morgan fingerprint density at radius 1 is 0.903 bits per heavy atom. The van der Waals surface area contributed by atoms with E-state index in [2.05, 4.69) is 5.16 Å². The fraction of sp³-hybridized carbons (Fsp3) is 0.0800. The maximum Gasteiger partial charge on any atom is 0.296 e. The van der Waals surface area contributed by atoms with Crippen LogP contribution >= 0.6 is 0 Å². The molecule has 0 saturated carbocycles. The predicted molar refractivity (Wildman–Crippen MR) is 116 cm³/mol. The largest absolute Gasteiger partial charge is 0.450 e. The van der Waals surface area contributed by atoms with Gasteiger partial charge in [0.05, 0.1) is 17.0 Å². The average Bonchev–Trinajstić information content (AvgIpc) is 3.34. The van der Waals surface area contributed by atoms with Crippen LogP contribution in [0.1, 0.15) is 33.5 Å². The van der Waals surface area contributed by atoms with Crippen LogP contribution in [0.5, 0.6) is 0 Å². The van der Waals surface area contributed by atoms with Crippen LogP contribution in [0, 0.1) is 6.92 Å². The lowest BCUT2D eigenvalue weighted by molar-refractivity contribution is 0.0969. The first kappa shape index (κ1) is 17.7. The molecule has 6 nitrogen and oxygen atoms in total. The lowest BCUT2D eigenvalue weighted by atomic mass is 9.94. The number of carbonyl (C=O) groups excluding carboxylic acids is 1. The van der Waals surface area contributed by atoms with Gasteiger partial charge in [-0.25, -0.2) is 0 Å². The number of carbonyl (C=O) groups is 1. The van der Waals surface area contributed by atoms with Gasteiger partial charge in [-0.3, -0.25) is 14.5 Å². The molecule has 0 aliphatic carbocycles. The van der Waals surface area contributed by atoms with Gasteiger partial charge in [0, 0.05) is 6.07 Å². The number of para-hydroxylation sites is 1. The summed E-state index contributed by atoms with van der Waals surface area (Å²) >= 11 is 0. The molecule has 150 valence electrons. The van der Waals surface area contributed by atoms with Crippen LogP contribution in [0.3, 0.4) is 0 Å². The second-order valence-electron chi connectivity index (χ2n) is 7.61. The van der Waals surface area contributed by atoms with Gasteiger partial charge in [-0.1, -0.05) is 59.8 Å². The Balaban J connectivity index is 1.72. The molecule has 5 aromatic rings. The quantitative estimate of drug-likeness (QED) is 0.411. The Morgan fingerprint density at radius 3 is 2.45 bits per heavy atom. The first-order valence-corrected chi connectivity index (χ1v) is 9.94. The molecule has 0 N–H and O–H groups in total. The van der Waals surface area contributed by atoms with Gasteiger partial charge in [0.1, 0.15) is 11.3 Å². The molecule has 1 aliphatic rings. The van der Waals surface area contributed by atoms with Gasteiger partial charge in [-0.05, 0) is 35.4 Å². The minimum Gasteiger partial charge on any atom is -0.450 e. The van der Waals surface area contributed by atoms with E-state index in [1.54, 1.807) is 37.3 Å². The summed E-state index contributed by atoms with van der Waals surface area (Å²) in [5.41, 5.74) is 1.31. The molecular formula is C25H16N2O4. The highest BCUT2D eigenvalue weighted by atomic mass is 16.5.